The molecule has 0 N–H and O–H groups in total. The number of benzene rings is 2. The SMILES string of the molecule is CCCCC(=O)CCN(Cc1ccccc1)Cc1ccc(OC)c(OC)c1. The van der Waals surface area contributed by atoms with Gasteiger partial charge in [0.1, 0.15) is 5.78 Å². The summed E-state index contributed by atoms with van der Waals surface area (Å²) in [6, 6.07) is 16.4. The van der Waals surface area contributed by atoms with Crippen LogP contribution in [0.4, 0.5) is 0 Å². The summed E-state index contributed by atoms with van der Waals surface area (Å²) in [4.78, 5) is 14.5. The number of ether oxygens (including phenoxy) is 2. The van der Waals surface area contributed by atoms with Crippen LogP contribution in [0.5, 0.6) is 11.5 Å². The van der Waals surface area contributed by atoms with E-state index in [4.69, 9.17) is 9.47 Å². The van der Waals surface area contributed by atoms with Crippen molar-refractivity contribution in [3.05, 3.63) is 59.7 Å². The largest absolute Gasteiger partial charge is 0.493 e. The molecule has 0 amide bonds. The van der Waals surface area contributed by atoms with E-state index in [-0.39, 0.29) is 0 Å². The molecular formula is C23H31NO3. The highest BCUT2D eigenvalue weighted by Gasteiger charge is 2.12. The first-order chi connectivity index (χ1) is 13.2. The third kappa shape index (κ3) is 7.06. The normalized spacial score (nSPS) is 10.8. The van der Waals surface area contributed by atoms with Gasteiger partial charge in [-0.1, -0.05) is 49.7 Å². The fourth-order valence-electron chi connectivity index (χ4n) is 3.07. The molecule has 0 saturated heterocycles. The zero-order chi connectivity index (χ0) is 19.5. The van der Waals surface area contributed by atoms with Gasteiger partial charge in [0.2, 0.25) is 0 Å². The third-order valence-electron chi connectivity index (χ3n) is 4.62. The predicted molar refractivity (Wildman–Crippen MR) is 109 cm³/mol. The second-order valence-electron chi connectivity index (χ2n) is 6.78. The van der Waals surface area contributed by atoms with Crippen LogP contribution in [0.2, 0.25) is 0 Å². The Balaban J connectivity index is 2.07. The van der Waals surface area contributed by atoms with E-state index in [1.807, 2.05) is 18.2 Å². The molecule has 0 atom stereocenters. The van der Waals surface area contributed by atoms with Crippen LogP contribution < -0.4 is 9.47 Å². The van der Waals surface area contributed by atoms with Crippen LogP contribution in [0.1, 0.15) is 43.7 Å². The number of unbranched alkanes of at least 4 members (excludes halogenated alkanes) is 1. The molecule has 27 heavy (non-hydrogen) atoms. The maximum atomic E-state index is 12.1. The van der Waals surface area contributed by atoms with Crippen molar-refractivity contribution in [2.45, 2.75) is 45.7 Å². The lowest BCUT2D eigenvalue weighted by atomic mass is 10.1. The lowest BCUT2D eigenvalue weighted by Crippen LogP contribution is -2.25. The minimum atomic E-state index is 0.349. The lowest BCUT2D eigenvalue weighted by molar-refractivity contribution is -0.119. The summed E-state index contributed by atoms with van der Waals surface area (Å²) in [5.41, 5.74) is 2.39. The average Bonchev–Trinajstić information content (AvgIpc) is 2.71. The van der Waals surface area contributed by atoms with Crippen LogP contribution in [-0.2, 0) is 17.9 Å². The molecule has 0 bridgehead atoms. The number of ketones is 1. The molecule has 0 heterocycles. The smallest absolute Gasteiger partial charge is 0.161 e. The van der Waals surface area contributed by atoms with Gasteiger partial charge in [-0.05, 0) is 29.7 Å². The van der Waals surface area contributed by atoms with Crippen molar-refractivity contribution in [2.24, 2.45) is 0 Å². The van der Waals surface area contributed by atoms with Crippen LogP contribution in [0.15, 0.2) is 48.5 Å². The second kappa shape index (κ2) is 11.4. The van der Waals surface area contributed by atoms with Crippen molar-refractivity contribution < 1.29 is 14.3 Å². The molecule has 4 nitrogen and oxygen atoms in total. The first kappa shape index (κ1) is 21.0. The van der Waals surface area contributed by atoms with E-state index >= 15 is 0 Å². The number of carbonyl (C=O) groups is 1. The molecule has 0 aliphatic heterocycles. The van der Waals surface area contributed by atoms with Gasteiger partial charge in [-0.15, -0.1) is 0 Å². The quantitative estimate of drug-likeness (QED) is 0.536. The van der Waals surface area contributed by atoms with Gasteiger partial charge in [-0.25, -0.2) is 0 Å². The number of methoxy groups -OCH3 is 2. The van der Waals surface area contributed by atoms with E-state index in [0.717, 1.165) is 49.5 Å². The van der Waals surface area contributed by atoms with E-state index in [0.29, 0.717) is 18.6 Å². The highest BCUT2D eigenvalue weighted by molar-refractivity contribution is 5.78. The highest BCUT2D eigenvalue weighted by Crippen LogP contribution is 2.28. The van der Waals surface area contributed by atoms with Crippen LogP contribution >= 0.6 is 0 Å². The van der Waals surface area contributed by atoms with Gasteiger partial charge >= 0.3 is 0 Å². The van der Waals surface area contributed by atoms with Crippen LogP contribution in [0.3, 0.4) is 0 Å². The lowest BCUT2D eigenvalue weighted by Gasteiger charge is -2.23. The molecule has 0 saturated carbocycles. The van der Waals surface area contributed by atoms with E-state index in [2.05, 4.69) is 42.2 Å². The van der Waals surface area contributed by atoms with Gasteiger partial charge in [0, 0.05) is 32.5 Å². The number of carbonyl (C=O) groups excluding carboxylic acids is 1. The summed E-state index contributed by atoms with van der Waals surface area (Å²) in [6.45, 7) is 4.45. The zero-order valence-corrected chi connectivity index (χ0v) is 16.7. The second-order valence-corrected chi connectivity index (χ2v) is 6.78. The molecule has 0 aromatic heterocycles. The number of rotatable bonds is 12. The van der Waals surface area contributed by atoms with Gasteiger partial charge in [0.05, 0.1) is 14.2 Å². The third-order valence-corrected chi connectivity index (χ3v) is 4.62. The van der Waals surface area contributed by atoms with Crippen LogP contribution in [-0.4, -0.2) is 31.4 Å². The minimum Gasteiger partial charge on any atom is -0.493 e. The van der Waals surface area contributed by atoms with Crippen molar-refractivity contribution in [1.82, 2.24) is 4.90 Å². The molecule has 0 aliphatic rings. The number of nitrogens with zero attached hydrogens (tertiary/aromatic N) is 1. The number of hydrogen-bond donors (Lipinski definition) is 0. The summed E-state index contributed by atoms with van der Waals surface area (Å²) in [7, 11) is 3.29. The fraction of sp³-hybridized carbons (Fsp3) is 0.435. The Labute approximate surface area is 163 Å². The van der Waals surface area contributed by atoms with E-state index in [9.17, 15) is 4.79 Å². The summed E-state index contributed by atoms with van der Waals surface area (Å²) >= 11 is 0. The predicted octanol–water partition coefficient (Wildman–Crippen LogP) is 4.86. The first-order valence-corrected chi connectivity index (χ1v) is 9.65. The maximum Gasteiger partial charge on any atom is 0.161 e. The Morgan fingerprint density at radius 3 is 2.26 bits per heavy atom. The first-order valence-electron chi connectivity index (χ1n) is 9.65. The molecule has 0 aliphatic carbocycles. The van der Waals surface area contributed by atoms with Gasteiger partial charge in [-0.2, -0.15) is 0 Å². The summed E-state index contributed by atoms with van der Waals surface area (Å²) in [5, 5.41) is 0. The fourth-order valence-corrected chi connectivity index (χ4v) is 3.07. The Bertz CT molecular complexity index is 700. The van der Waals surface area contributed by atoms with Crippen LogP contribution in [0, 0.1) is 0 Å². The average molecular weight is 370 g/mol. The summed E-state index contributed by atoms with van der Waals surface area (Å²) in [5.74, 6) is 1.81. The highest BCUT2D eigenvalue weighted by atomic mass is 16.5. The van der Waals surface area contributed by atoms with E-state index in [1.54, 1.807) is 14.2 Å². The molecule has 2 rings (SSSR count). The summed E-state index contributed by atoms with van der Waals surface area (Å²) in [6.07, 6.45) is 3.32. The maximum absolute atomic E-state index is 12.1. The van der Waals surface area contributed by atoms with Gasteiger partial charge < -0.3 is 9.47 Å². The van der Waals surface area contributed by atoms with E-state index < -0.39 is 0 Å². The Kier molecular flexibility index (Phi) is 8.85. The molecule has 0 spiro atoms. The molecular weight excluding hydrogens is 338 g/mol. The molecule has 0 radical (unpaired) electrons. The zero-order valence-electron chi connectivity index (χ0n) is 16.7. The molecule has 4 heteroatoms. The topological polar surface area (TPSA) is 38.8 Å². The Morgan fingerprint density at radius 1 is 0.889 bits per heavy atom. The standard InChI is InChI=1S/C23H31NO3/c1-4-5-11-21(25)14-15-24(17-19-9-7-6-8-10-19)18-20-12-13-22(26-2)23(16-20)27-3/h6-10,12-13,16H,4-5,11,14-15,17-18H2,1-3H3. The minimum absolute atomic E-state index is 0.349. The Morgan fingerprint density at radius 2 is 1.59 bits per heavy atom. The number of hydrogen-bond acceptors (Lipinski definition) is 4. The molecule has 2 aromatic rings. The monoisotopic (exact) mass is 369 g/mol. The molecule has 146 valence electrons. The van der Waals surface area contributed by atoms with Gasteiger partial charge in [-0.3, -0.25) is 9.69 Å². The van der Waals surface area contributed by atoms with Crippen molar-refractivity contribution >= 4 is 5.78 Å². The van der Waals surface area contributed by atoms with Crippen molar-refractivity contribution in [3.63, 3.8) is 0 Å². The molecule has 0 fully saturated rings. The van der Waals surface area contributed by atoms with Crippen molar-refractivity contribution in [3.8, 4) is 11.5 Å². The van der Waals surface area contributed by atoms with Crippen molar-refractivity contribution in [2.75, 3.05) is 20.8 Å². The molecule has 2 aromatic carbocycles. The van der Waals surface area contributed by atoms with Crippen LogP contribution in [0.25, 0.3) is 0 Å². The number of Topliss-reactive ketones (excluding diaryl/α,β-unsaturated/α-hetero) is 1. The van der Waals surface area contributed by atoms with Crippen molar-refractivity contribution in [1.29, 1.82) is 0 Å². The van der Waals surface area contributed by atoms with E-state index in [1.165, 1.54) is 5.56 Å². The van der Waals surface area contributed by atoms with Gasteiger partial charge in [0.15, 0.2) is 11.5 Å². The molecule has 0 unspecified atom stereocenters. The summed E-state index contributed by atoms with van der Waals surface area (Å²) < 4.78 is 10.7. The Hall–Kier alpha value is -2.33. The van der Waals surface area contributed by atoms with Gasteiger partial charge in [0.25, 0.3) is 0 Å².